The fourth-order valence-electron chi connectivity index (χ4n) is 3.80. The lowest BCUT2D eigenvalue weighted by molar-refractivity contribution is 0.275. The van der Waals surface area contributed by atoms with E-state index in [0.29, 0.717) is 0 Å². The summed E-state index contributed by atoms with van der Waals surface area (Å²) in [4.78, 5) is 13.1. The number of aromatic nitrogens is 1. The minimum absolute atomic E-state index is 0.870. The van der Waals surface area contributed by atoms with Crippen LogP contribution in [0.15, 0.2) is 35.5 Å². The van der Waals surface area contributed by atoms with E-state index in [1.807, 2.05) is 0 Å². The van der Waals surface area contributed by atoms with Gasteiger partial charge in [-0.3, -0.25) is 4.99 Å². The average Bonchev–Trinajstić information content (AvgIpc) is 3.00. The maximum Gasteiger partial charge on any atom is 0.191 e. The Morgan fingerprint density at radius 2 is 2.04 bits per heavy atom. The van der Waals surface area contributed by atoms with Gasteiger partial charge in [0.25, 0.3) is 0 Å². The molecule has 3 N–H and O–H groups in total. The van der Waals surface area contributed by atoms with Gasteiger partial charge < -0.3 is 25.4 Å². The number of nitrogens with zero attached hydrogens (tertiary/aromatic N) is 3. The van der Waals surface area contributed by atoms with Gasteiger partial charge in [-0.15, -0.1) is 0 Å². The lowest BCUT2D eigenvalue weighted by Gasteiger charge is -2.19. The number of para-hydroxylation sites is 1. The number of nitrogens with one attached hydrogen (secondary N) is 3. The van der Waals surface area contributed by atoms with Gasteiger partial charge >= 0.3 is 0 Å². The first-order valence-electron chi connectivity index (χ1n) is 10.7. The van der Waals surface area contributed by atoms with Crippen molar-refractivity contribution >= 4 is 16.9 Å². The molecule has 1 saturated heterocycles. The summed E-state index contributed by atoms with van der Waals surface area (Å²) in [6.45, 7) is 10.7. The van der Waals surface area contributed by atoms with Crippen LogP contribution in [0.5, 0.6) is 0 Å². The molecule has 0 atom stereocenters. The molecule has 3 rings (SSSR count). The number of aliphatic imine (C=N–C) groups is 1. The number of fused-ring (bicyclic) bond motifs is 1. The highest BCUT2D eigenvalue weighted by Gasteiger charge is 2.11. The lowest BCUT2D eigenvalue weighted by Crippen LogP contribution is -2.38. The fourth-order valence-corrected chi connectivity index (χ4v) is 3.80. The quantitative estimate of drug-likeness (QED) is 0.371. The molecule has 0 aliphatic carbocycles. The molecule has 0 spiro atoms. The number of benzene rings is 1. The number of guanidine groups is 1. The zero-order chi connectivity index (χ0) is 19.6. The third-order valence-electron chi connectivity index (χ3n) is 5.42. The summed E-state index contributed by atoms with van der Waals surface area (Å²) in [5.74, 6) is 0.929. The van der Waals surface area contributed by atoms with Crippen LogP contribution in [-0.4, -0.2) is 80.1 Å². The summed E-state index contributed by atoms with van der Waals surface area (Å²) in [5, 5.41) is 8.16. The van der Waals surface area contributed by atoms with Crippen molar-refractivity contribution < 1.29 is 0 Å². The van der Waals surface area contributed by atoms with E-state index in [-0.39, 0.29) is 0 Å². The number of rotatable bonds is 8. The molecule has 2 aromatic rings. The van der Waals surface area contributed by atoms with Gasteiger partial charge in [-0.05, 0) is 64.5 Å². The lowest BCUT2D eigenvalue weighted by atomic mass is 10.1. The molecule has 1 aliphatic rings. The number of likely N-dealkylation sites (N-methyl/N-ethyl adjacent to an activating group) is 1. The van der Waals surface area contributed by atoms with Gasteiger partial charge in [0.2, 0.25) is 0 Å². The molecular weight excluding hydrogens is 348 g/mol. The Labute approximate surface area is 169 Å². The second-order valence-electron chi connectivity index (χ2n) is 7.65. The SMILES string of the molecule is CCNC(=NCCCN1CCCN(C)CC1)NCCc1c[nH]c2ccccc12. The second kappa shape index (κ2) is 11.1. The largest absolute Gasteiger partial charge is 0.361 e. The van der Waals surface area contributed by atoms with Crippen molar-refractivity contribution in [2.45, 2.75) is 26.2 Å². The van der Waals surface area contributed by atoms with Crippen molar-refractivity contribution in [3.8, 4) is 0 Å². The molecular formula is C22H36N6. The predicted octanol–water partition coefficient (Wildman–Crippen LogP) is 2.29. The molecule has 0 saturated carbocycles. The first-order chi connectivity index (χ1) is 13.8. The van der Waals surface area contributed by atoms with Crippen LogP contribution < -0.4 is 10.6 Å². The fraction of sp³-hybridized carbons (Fsp3) is 0.591. The van der Waals surface area contributed by atoms with Crippen LogP contribution in [0.3, 0.4) is 0 Å². The first kappa shape index (κ1) is 20.7. The van der Waals surface area contributed by atoms with Crippen LogP contribution in [0, 0.1) is 0 Å². The third kappa shape index (κ3) is 6.24. The van der Waals surface area contributed by atoms with Gasteiger partial charge in [0.1, 0.15) is 0 Å². The van der Waals surface area contributed by atoms with Gasteiger partial charge in [-0.2, -0.15) is 0 Å². The summed E-state index contributed by atoms with van der Waals surface area (Å²) in [6.07, 6.45) is 5.49. The maximum absolute atomic E-state index is 4.77. The van der Waals surface area contributed by atoms with E-state index < -0.39 is 0 Å². The molecule has 0 amide bonds. The molecule has 154 valence electrons. The first-order valence-corrected chi connectivity index (χ1v) is 10.7. The summed E-state index contributed by atoms with van der Waals surface area (Å²) in [5.41, 5.74) is 2.56. The Bertz CT molecular complexity index is 737. The molecule has 1 aromatic heterocycles. The topological polar surface area (TPSA) is 58.7 Å². The molecule has 6 nitrogen and oxygen atoms in total. The van der Waals surface area contributed by atoms with Crippen molar-refractivity contribution in [2.24, 2.45) is 4.99 Å². The molecule has 28 heavy (non-hydrogen) atoms. The number of hydrogen-bond donors (Lipinski definition) is 3. The van der Waals surface area contributed by atoms with Crippen molar-refractivity contribution in [1.29, 1.82) is 0 Å². The highest BCUT2D eigenvalue weighted by molar-refractivity contribution is 5.83. The zero-order valence-corrected chi connectivity index (χ0v) is 17.5. The molecule has 0 radical (unpaired) electrons. The Morgan fingerprint density at radius 1 is 1.14 bits per heavy atom. The normalized spacial score (nSPS) is 17.0. The molecule has 0 bridgehead atoms. The predicted molar refractivity (Wildman–Crippen MR) is 119 cm³/mol. The van der Waals surface area contributed by atoms with E-state index >= 15 is 0 Å². The molecule has 6 heteroatoms. The van der Waals surface area contributed by atoms with Gasteiger partial charge in [-0.25, -0.2) is 0 Å². The molecule has 1 fully saturated rings. The van der Waals surface area contributed by atoms with Crippen molar-refractivity contribution in [3.05, 3.63) is 36.0 Å². The monoisotopic (exact) mass is 384 g/mol. The van der Waals surface area contributed by atoms with Crippen LogP contribution in [0.4, 0.5) is 0 Å². The van der Waals surface area contributed by atoms with Crippen LogP contribution in [0.1, 0.15) is 25.3 Å². The highest BCUT2D eigenvalue weighted by atomic mass is 15.2. The maximum atomic E-state index is 4.77. The Hall–Kier alpha value is -2.05. The van der Waals surface area contributed by atoms with Crippen molar-refractivity contribution in [2.75, 3.05) is 59.4 Å². The van der Waals surface area contributed by atoms with Crippen molar-refractivity contribution in [3.63, 3.8) is 0 Å². The zero-order valence-electron chi connectivity index (χ0n) is 17.5. The van der Waals surface area contributed by atoms with Crippen LogP contribution in [0.2, 0.25) is 0 Å². The molecule has 1 aliphatic heterocycles. The van der Waals surface area contributed by atoms with Crippen LogP contribution in [0.25, 0.3) is 10.9 Å². The van der Waals surface area contributed by atoms with E-state index in [4.69, 9.17) is 4.99 Å². The van der Waals surface area contributed by atoms with Crippen molar-refractivity contribution in [1.82, 2.24) is 25.4 Å². The average molecular weight is 385 g/mol. The minimum Gasteiger partial charge on any atom is -0.361 e. The van der Waals surface area contributed by atoms with Gasteiger partial charge in [0.15, 0.2) is 5.96 Å². The van der Waals surface area contributed by atoms with Gasteiger partial charge in [-0.1, -0.05) is 18.2 Å². The van der Waals surface area contributed by atoms with E-state index in [2.05, 4.69) is 69.9 Å². The second-order valence-corrected chi connectivity index (χ2v) is 7.65. The van der Waals surface area contributed by atoms with E-state index in [1.54, 1.807) is 0 Å². The van der Waals surface area contributed by atoms with E-state index in [9.17, 15) is 0 Å². The summed E-state index contributed by atoms with van der Waals surface area (Å²) >= 11 is 0. The van der Waals surface area contributed by atoms with Gasteiger partial charge in [0, 0.05) is 49.8 Å². The standard InChI is InChI=1S/C22H36N6/c1-3-23-22(24-11-6-14-28-15-7-13-27(2)16-17-28)25-12-10-19-18-26-21-9-5-4-8-20(19)21/h4-5,8-9,18,26H,3,6-7,10-17H2,1-2H3,(H2,23,24,25). The molecule has 1 aromatic carbocycles. The molecule has 0 unspecified atom stereocenters. The Kier molecular flexibility index (Phi) is 8.18. The van der Waals surface area contributed by atoms with Crippen LogP contribution >= 0.6 is 0 Å². The van der Waals surface area contributed by atoms with Gasteiger partial charge in [0.05, 0.1) is 0 Å². The molecule has 2 heterocycles. The van der Waals surface area contributed by atoms with Crippen LogP contribution in [-0.2, 0) is 6.42 Å². The van der Waals surface area contributed by atoms with E-state index in [1.165, 1.54) is 49.1 Å². The third-order valence-corrected chi connectivity index (χ3v) is 5.42. The highest BCUT2D eigenvalue weighted by Crippen LogP contribution is 2.17. The number of hydrogen-bond acceptors (Lipinski definition) is 3. The Morgan fingerprint density at radius 3 is 2.93 bits per heavy atom. The summed E-state index contributed by atoms with van der Waals surface area (Å²) in [6, 6.07) is 8.48. The number of aromatic amines is 1. The minimum atomic E-state index is 0.870. The Balaban J connectivity index is 1.41. The number of H-pyrrole nitrogens is 1. The summed E-state index contributed by atoms with van der Waals surface area (Å²) < 4.78 is 0. The van der Waals surface area contributed by atoms with E-state index in [0.717, 1.165) is 45.0 Å². The smallest absolute Gasteiger partial charge is 0.191 e. The summed E-state index contributed by atoms with van der Waals surface area (Å²) in [7, 11) is 2.22.